The number of hydrogen-bond acceptors (Lipinski definition) is 10. The van der Waals surface area contributed by atoms with Gasteiger partial charge in [-0.3, -0.25) is 19.2 Å². The van der Waals surface area contributed by atoms with E-state index in [1.165, 1.54) is 5.57 Å². The number of ether oxygens (including phenoxy) is 4. The van der Waals surface area contributed by atoms with Gasteiger partial charge in [0, 0.05) is 37.1 Å². The van der Waals surface area contributed by atoms with E-state index in [-0.39, 0.29) is 56.0 Å². The summed E-state index contributed by atoms with van der Waals surface area (Å²) in [7, 11) is 0. The van der Waals surface area contributed by atoms with Gasteiger partial charge >= 0.3 is 5.97 Å². The molecule has 3 aromatic carbocycles. The smallest absolute Gasteiger partial charge is 0.327 e. The van der Waals surface area contributed by atoms with Gasteiger partial charge < -0.3 is 34.7 Å². The van der Waals surface area contributed by atoms with Crippen molar-refractivity contribution in [2.24, 2.45) is 22.7 Å². The first-order chi connectivity index (χ1) is 29.5. The van der Waals surface area contributed by atoms with Gasteiger partial charge in [0.15, 0.2) is 6.04 Å². The lowest BCUT2D eigenvalue weighted by molar-refractivity contribution is -0.213. The van der Waals surface area contributed by atoms with Crippen molar-refractivity contribution >= 4 is 23.9 Å². The summed E-state index contributed by atoms with van der Waals surface area (Å²) < 4.78 is 26.7. The molecule has 2 amide bonds. The summed E-state index contributed by atoms with van der Waals surface area (Å²) in [4.78, 5) is 48.9. The predicted molar refractivity (Wildman–Crippen MR) is 224 cm³/mol. The second-order valence-corrected chi connectivity index (χ2v) is 19.1. The number of nitrogens with one attached hydrogen (secondary N) is 2. The lowest BCUT2D eigenvalue weighted by Gasteiger charge is -2.53. The number of rotatable bonds is 11. The third kappa shape index (κ3) is 6.85. The van der Waals surface area contributed by atoms with Crippen LogP contribution in [0.15, 0.2) is 90.5 Å². The number of amides is 2. The zero-order valence-corrected chi connectivity index (χ0v) is 35.2. The maximum Gasteiger partial charge on any atom is 0.327 e. The average Bonchev–Trinajstić information content (AvgIpc) is 3.54. The highest BCUT2D eigenvalue weighted by Crippen LogP contribution is 2.61. The van der Waals surface area contributed by atoms with E-state index in [0.717, 1.165) is 54.4 Å². The maximum absolute atomic E-state index is 14.9. The summed E-state index contributed by atoms with van der Waals surface area (Å²) in [6.45, 7) is 7.24. The van der Waals surface area contributed by atoms with E-state index < -0.39 is 53.5 Å². The van der Waals surface area contributed by atoms with Gasteiger partial charge in [-0.15, -0.1) is 0 Å². The number of esters is 1. The minimum absolute atomic E-state index is 0.000418. The Morgan fingerprint density at radius 1 is 0.852 bits per heavy atom. The molecule has 3 aromatic rings. The molecule has 0 aromatic heterocycles. The Balaban J connectivity index is 1.00. The molecule has 322 valence electrons. The Kier molecular flexibility index (Phi) is 10.3. The van der Waals surface area contributed by atoms with E-state index in [9.17, 15) is 19.5 Å². The number of hydroxylamine groups is 2. The van der Waals surface area contributed by atoms with Crippen molar-refractivity contribution in [3.63, 3.8) is 0 Å². The first-order valence-electron chi connectivity index (χ1n) is 22.2. The van der Waals surface area contributed by atoms with Gasteiger partial charge in [-0.25, -0.2) is 0 Å². The zero-order valence-electron chi connectivity index (χ0n) is 35.2. The topological polar surface area (TPSA) is 148 Å². The second kappa shape index (κ2) is 15.4. The molecule has 61 heavy (non-hydrogen) atoms. The van der Waals surface area contributed by atoms with E-state index in [1.807, 2.05) is 72.8 Å². The minimum atomic E-state index is -1.43. The molecular weight excluding hydrogens is 775 g/mol. The number of carbonyl (C=O) groups is 3. The highest BCUT2D eigenvalue weighted by molar-refractivity contribution is 5.94. The molecule has 2 bridgehead atoms. The molecule has 3 aliphatic carbocycles. The highest BCUT2D eigenvalue weighted by Gasteiger charge is 2.76. The van der Waals surface area contributed by atoms with Crippen molar-refractivity contribution in [3.8, 4) is 0 Å². The fourth-order valence-corrected chi connectivity index (χ4v) is 11.8. The average molecular weight is 832 g/mol. The van der Waals surface area contributed by atoms with Gasteiger partial charge in [0.25, 0.3) is 0 Å². The molecule has 4 saturated heterocycles. The Labute approximate surface area is 357 Å². The molecule has 0 radical (unpaired) electrons. The predicted octanol–water partition coefficient (Wildman–Crippen LogP) is 5.56. The summed E-state index contributed by atoms with van der Waals surface area (Å²) >= 11 is 0. The molecule has 0 spiro atoms. The van der Waals surface area contributed by atoms with Crippen LogP contribution in [-0.2, 0) is 50.5 Å². The van der Waals surface area contributed by atoms with Crippen LogP contribution in [0.3, 0.4) is 0 Å². The molecule has 4 heterocycles. The van der Waals surface area contributed by atoms with Gasteiger partial charge in [-0.2, -0.15) is 5.06 Å². The Morgan fingerprint density at radius 2 is 1.56 bits per heavy atom. The lowest BCUT2D eigenvalue weighted by atomic mass is 9.52. The van der Waals surface area contributed by atoms with Crippen LogP contribution < -0.4 is 10.6 Å². The van der Waals surface area contributed by atoms with Crippen LogP contribution in [0, 0.1) is 22.7 Å². The van der Waals surface area contributed by atoms with Crippen LogP contribution >= 0.6 is 0 Å². The van der Waals surface area contributed by atoms with Gasteiger partial charge in [0.2, 0.25) is 17.6 Å². The van der Waals surface area contributed by atoms with E-state index >= 15 is 0 Å². The molecule has 3 saturated carbocycles. The van der Waals surface area contributed by atoms with E-state index in [4.69, 9.17) is 23.8 Å². The summed E-state index contributed by atoms with van der Waals surface area (Å²) in [5, 5.41) is 16.5. The molecule has 7 fully saturated rings. The molecule has 4 aliphatic heterocycles. The molecule has 1 unspecified atom stereocenters. The van der Waals surface area contributed by atoms with Gasteiger partial charge in [-0.05, 0) is 67.4 Å². The first kappa shape index (κ1) is 40.6. The van der Waals surface area contributed by atoms with E-state index in [1.54, 1.807) is 5.06 Å². The summed E-state index contributed by atoms with van der Waals surface area (Å²) in [5.74, 6) is -1.56. The van der Waals surface area contributed by atoms with Gasteiger partial charge in [-0.1, -0.05) is 110 Å². The molecule has 10 atom stereocenters. The fraction of sp³-hybridized carbons (Fsp3) is 0.531. The van der Waals surface area contributed by atoms with E-state index in [0.29, 0.717) is 17.9 Å². The third-order valence-corrected chi connectivity index (χ3v) is 15.1. The highest BCUT2D eigenvalue weighted by atomic mass is 16.8. The van der Waals surface area contributed by atoms with Crippen LogP contribution in [0.25, 0.3) is 6.08 Å². The monoisotopic (exact) mass is 831 g/mol. The Bertz CT molecular complexity index is 2160. The quantitative estimate of drug-likeness (QED) is 0.166. The third-order valence-electron chi connectivity index (χ3n) is 15.1. The summed E-state index contributed by atoms with van der Waals surface area (Å²) in [6.07, 6.45) is 4.86. The number of carbonyl (C=O) groups excluding carboxylic acids is 3. The van der Waals surface area contributed by atoms with Crippen molar-refractivity contribution in [1.29, 1.82) is 0 Å². The number of epoxide rings is 1. The Morgan fingerprint density at radius 3 is 2.28 bits per heavy atom. The van der Waals surface area contributed by atoms with Crippen molar-refractivity contribution < 1.29 is 43.3 Å². The van der Waals surface area contributed by atoms with Crippen LogP contribution in [0.1, 0.15) is 88.0 Å². The second-order valence-electron chi connectivity index (χ2n) is 19.1. The SMILES string of the molecule is CC1(C)C[C@@H]2C(=Cc3ccccc3CN3O[C@@H]4[C@H]5OC(c6ccccc6)(c6ccccc6)O[C@H]5[C@@H]5C[C@]4(C(=O)NCCC(=O)NCCO)[C@@H]3C(=O)O5)CCC3O[C@]3(C)CC[C@H]21. The van der Waals surface area contributed by atoms with Crippen molar-refractivity contribution in [1.82, 2.24) is 15.7 Å². The normalized spacial score (nSPS) is 35.9. The summed E-state index contributed by atoms with van der Waals surface area (Å²) in [5.41, 5.74) is 3.82. The molecule has 7 aliphatic rings. The van der Waals surface area contributed by atoms with Crippen LogP contribution in [0.4, 0.5) is 0 Å². The standard InChI is InChI=1S/C49H57N3O9/c1-46(2)27-35-31(18-19-38-47(3,58-38)22-20-36(35)46)26-30-12-10-11-13-32(30)29-52-42-44(55)57-37-28-48(42,45(56)51-23-21-39(54)50-24-25-53)43(61-52)41-40(37)59-49(60-41,33-14-6-4-7-15-33)34-16-8-5-9-17-34/h4-17,26,35-38,40-43,53H,18-25,27-29H2,1-3H3,(H,50,54)(H,51,56)/t35-,36-,37+,38?,40+,41+,42+,43-,47-,48+/m1/s1. The molecule has 10 rings (SSSR count). The number of hydrogen-bond donors (Lipinski definition) is 3. The van der Waals surface area contributed by atoms with Gasteiger partial charge in [0.05, 0.1) is 24.9 Å². The van der Waals surface area contributed by atoms with Crippen molar-refractivity contribution in [2.45, 2.75) is 120 Å². The number of allylic oxidation sites excluding steroid dienone is 1. The maximum atomic E-state index is 14.9. The van der Waals surface area contributed by atoms with Crippen LogP contribution in [0.2, 0.25) is 0 Å². The number of aliphatic hydroxyl groups is 1. The van der Waals surface area contributed by atoms with Crippen molar-refractivity contribution in [2.75, 3.05) is 19.7 Å². The zero-order chi connectivity index (χ0) is 42.1. The molecule has 12 nitrogen and oxygen atoms in total. The largest absolute Gasteiger partial charge is 0.458 e. The lowest BCUT2D eigenvalue weighted by Crippen LogP contribution is -2.69. The first-order valence-corrected chi connectivity index (χ1v) is 22.2. The molecule has 3 N–H and O–H groups in total. The molecular formula is C49H57N3O9. The summed E-state index contributed by atoms with van der Waals surface area (Å²) in [6, 6.07) is 26.5. The minimum Gasteiger partial charge on any atom is -0.458 e. The van der Waals surface area contributed by atoms with Crippen LogP contribution in [0.5, 0.6) is 0 Å². The number of nitrogens with zero attached hydrogens (tertiary/aromatic N) is 1. The number of fused-ring (bicyclic) bond motifs is 6. The Hall–Kier alpha value is -4.43. The van der Waals surface area contributed by atoms with Crippen molar-refractivity contribution in [3.05, 3.63) is 113 Å². The molecule has 12 heteroatoms. The fourth-order valence-electron chi connectivity index (χ4n) is 11.8. The van der Waals surface area contributed by atoms with Crippen LogP contribution in [-0.4, -0.2) is 89.8 Å². The number of benzene rings is 3. The number of aliphatic hydroxyl groups excluding tert-OH is 1. The van der Waals surface area contributed by atoms with Gasteiger partial charge in [0.1, 0.15) is 29.8 Å². The van der Waals surface area contributed by atoms with E-state index in [2.05, 4.69) is 49.6 Å².